The van der Waals surface area contributed by atoms with Crippen LogP contribution in [0.5, 0.6) is 0 Å². The molecule has 0 aromatic carbocycles. The molecule has 1 fully saturated rings. The molecule has 4 rings (SSSR count). The van der Waals surface area contributed by atoms with Crippen LogP contribution in [0.25, 0.3) is 10.1 Å². The van der Waals surface area contributed by atoms with E-state index in [1.807, 2.05) is 0 Å². The number of carbonyl (C=O) groups excluding carboxylic acids is 3. The zero-order valence-corrected chi connectivity index (χ0v) is 17.1. The van der Waals surface area contributed by atoms with Gasteiger partial charge in [-0.3, -0.25) is 24.9 Å². The number of aromatic nitrogens is 1. The van der Waals surface area contributed by atoms with E-state index < -0.39 is 24.1 Å². The first-order chi connectivity index (χ1) is 14.5. The Morgan fingerprint density at radius 3 is 3.00 bits per heavy atom. The molecule has 1 spiro atoms. The number of Topliss-reactive ketones (excluding diaryl/α,β-unsaturated/α-hetero) is 1. The summed E-state index contributed by atoms with van der Waals surface area (Å²) in [6, 6.07) is 1.31. The minimum atomic E-state index is -1.27. The molecule has 2 aliphatic heterocycles. The Labute approximate surface area is 176 Å². The van der Waals surface area contributed by atoms with Gasteiger partial charge in [0.25, 0.3) is 5.91 Å². The third kappa shape index (κ3) is 3.34. The number of piperidine rings is 1. The smallest absolute Gasteiger partial charge is 0.319 e. The Kier molecular flexibility index (Phi) is 5.50. The molecule has 30 heavy (non-hydrogen) atoms. The molecule has 5 N–H and O–H groups in total. The van der Waals surface area contributed by atoms with E-state index in [1.165, 1.54) is 11.3 Å². The number of anilines is 1. The molecule has 3 amide bonds. The van der Waals surface area contributed by atoms with Gasteiger partial charge in [0, 0.05) is 30.9 Å². The largest absolute Gasteiger partial charge is 0.388 e. The molecular weight excluding hydrogens is 408 g/mol. The van der Waals surface area contributed by atoms with Gasteiger partial charge in [-0.25, -0.2) is 4.79 Å². The van der Waals surface area contributed by atoms with Gasteiger partial charge in [-0.05, 0) is 26.0 Å². The third-order valence-electron chi connectivity index (χ3n) is 5.36. The predicted molar refractivity (Wildman–Crippen MR) is 113 cm³/mol. The van der Waals surface area contributed by atoms with Crippen molar-refractivity contribution in [2.45, 2.75) is 18.9 Å². The molecular formula is C19H22N6O4S. The van der Waals surface area contributed by atoms with Crippen molar-refractivity contribution in [3.05, 3.63) is 24.0 Å². The molecule has 158 valence electrons. The summed E-state index contributed by atoms with van der Waals surface area (Å²) >= 11 is 1.26. The molecule has 0 aliphatic carbocycles. The number of carbonyl (C=O) groups is 3. The van der Waals surface area contributed by atoms with Gasteiger partial charge < -0.3 is 21.1 Å². The third-order valence-corrected chi connectivity index (χ3v) is 6.42. The van der Waals surface area contributed by atoms with Gasteiger partial charge in [0.2, 0.25) is 0 Å². The monoisotopic (exact) mass is 430 g/mol. The number of rotatable bonds is 5. The first-order valence-corrected chi connectivity index (χ1v) is 10.5. The summed E-state index contributed by atoms with van der Waals surface area (Å²) in [4.78, 5) is 47.3. The zero-order valence-electron chi connectivity index (χ0n) is 16.3. The summed E-state index contributed by atoms with van der Waals surface area (Å²) in [6.07, 6.45) is 3.56. The highest BCUT2D eigenvalue weighted by Crippen LogP contribution is 2.41. The first kappa shape index (κ1) is 20.4. The van der Waals surface area contributed by atoms with Gasteiger partial charge >= 0.3 is 6.03 Å². The van der Waals surface area contributed by atoms with Crippen molar-refractivity contribution in [1.29, 1.82) is 0 Å². The molecule has 11 heteroatoms. The standard InChI is InChI=1S/C19H22N6O4S/c1-2-22-18(29)24-16-14(10-3-5-20-8-12(10)30-16)15(27)11-7-21-6-4-19(11)17(28)23-13(9-26)25-19/h3,5,8,11,21,26H,2,4,6-7,9H2,1H3,(H2,22,24,29)(H,23,25,28). The van der Waals surface area contributed by atoms with Crippen LogP contribution in [-0.4, -0.2) is 65.4 Å². The maximum atomic E-state index is 13.8. The first-order valence-electron chi connectivity index (χ1n) is 9.67. The molecule has 2 atom stereocenters. The maximum Gasteiger partial charge on any atom is 0.319 e. The van der Waals surface area contributed by atoms with Crippen LogP contribution < -0.4 is 21.3 Å². The Bertz CT molecular complexity index is 1050. The summed E-state index contributed by atoms with van der Waals surface area (Å²) in [6.45, 7) is 2.62. The quantitative estimate of drug-likeness (QED) is 0.437. The average Bonchev–Trinajstić information content (AvgIpc) is 3.25. The minimum absolute atomic E-state index is 0.166. The summed E-state index contributed by atoms with van der Waals surface area (Å²) in [5.74, 6) is -1.29. The van der Waals surface area contributed by atoms with Gasteiger partial charge in [-0.1, -0.05) is 0 Å². The van der Waals surface area contributed by atoms with E-state index in [2.05, 4.69) is 31.2 Å². The lowest BCUT2D eigenvalue weighted by molar-refractivity contribution is -0.125. The fourth-order valence-electron chi connectivity index (χ4n) is 3.98. The highest BCUT2D eigenvalue weighted by molar-refractivity contribution is 7.23. The summed E-state index contributed by atoms with van der Waals surface area (Å²) in [5, 5.41) is 21.7. The Morgan fingerprint density at radius 2 is 2.27 bits per heavy atom. The van der Waals surface area contributed by atoms with Crippen molar-refractivity contribution in [1.82, 2.24) is 20.9 Å². The van der Waals surface area contributed by atoms with Gasteiger partial charge in [0.15, 0.2) is 11.3 Å². The number of ketones is 1. The lowest BCUT2D eigenvalue weighted by atomic mass is 9.74. The molecule has 2 unspecified atom stereocenters. The summed E-state index contributed by atoms with van der Waals surface area (Å²) in [7, 11) is 0. The number of amidine groups is 1. The van der Waals surface area contributed by atoms with Crippen molar-refractivity contribution < 1.29 is 19.5 Å². The van der Waals surface area contributed by atoms with E-state index in [0.29, 0.717) is 35.5 Å². The molecule has 0 radical (unpaired) electrons. The number of fused-ring (bicyclic) bond motifs is 1. The van der Waals surface area contributed by atoms with Gasteiger partial charge in [-0.2, -0.15) is 0 Å². The van der Waals surface area contributed by atoms with Crippen LogP contribution in [0.3, 0.4) is 0 Å². The number of urea groups is 1. The second-order valence-electron chi connectivity index (χ2n) is 7.13. The Balaban J connectivity index is 1.79. The van der Waals surface area contributed by atoms with E-state index in [4.69, 9.17) is 0 Å². The number of hydrogen-bond acceptors (Lipinski definition) is 8. The van der Waals surface area contributed by atoms with Crippen LogP contribution in [0.15, 0.2) is 23.5 Å². The average molecular weight is 430 g/mol. The summed E-state index contributed by atoms with van der Waals surface area (Å²) < 4.78 is 0.751. The van der Waals surface area contributed by atoms with Gasteiger partial charge in [-0.15, -0.1) is 11.3 Å². The number of hydrogen-bond donors (Lipinski definition) is 5. The van der Waals surface area contributed by atoms with Crippen LogP contribution in [0.1, 0.15) is 23.7 Å². The van der Waals surface area contributed by atoms with Crippen molar-refractivity contribution in [3.8, 4) is 0 Å². The van der Waals surface area contributed by atoms with Gasteiger partial charge in [0.05, 0.1) is 16.2 Å². The van der Waals surface area contributed by atoms with Crippen LogP contribution in [0.4, 0.5) is 9.80 Å². The van der Waals surface area contributed by atoms with Crippen molar-refractivity contribution in [2.24, 2.45) is 10.9 Å². The number of aliphatic hydroxyl groups excluding tert-OH is 1. The van der Waals surface area contributed by atoms with E-state index >= 15 is 0 Å². The van der Waals surface area contributed by atoms with E-state index in [1.54, 1.807) is 25.4 Å². The number of thiophene rings is 1. The number of nitrogens with zero attached hydrogens (tertiary/aromatic N) is 2. The highest BCUT2D eigenvalue weighted by Gasteiger charge is 2.54. The number of pyridine rings is 1. The normalized spacial score (nSPS) is 23.3. The molecule has 0 bridgehead atoms. The van der Waals surface area contributed by atoms with E-state index in [0.717, 1.165) is 4.70 Å². The SMILES string of the molecule is CCNC(=O)Nc1sc2cnccc2c1C(=O)C1CNCCC12N=C(CO)NC2=O. The Morgan fingerprint density at radius 1 is 1.43 bits per heavy atom. The fourth-order valence-corrected chi connectivity index (χ4v) is 5.05. The molecule has 2 aromatic heterocycles. The van der Waals surface area contributed by atoms with Crippen LogP contribution >= 0.6 is 11.3 Å². The Hall–Kier alpha value is -2.89. The number of aliphatic hydroxyl groups is 1. The lowest BCUT2D eigenvalue weighted by Gasteiger charge is -2.36. The molecule has 2 aliphatic rings. The van der Waals surface area contributed by atoms with Crippen molar-refractivity contribution in [3.63, 3.8) is 0 Å². The molecule has 1 saturated heterocycles. The second kappa shape index (κ2) is 8.09. The topological polar surface area (TPSA) is 145 Å². The molecule has 4 heterocycles. The van der Waals surface area contributed by atoms with Crippen molar-refractivity contribution >= 4 is 50.0 Å². The van der Waals surface area contributed by atoms with E-state index in [9.17, 15) is 19.5 Å². The minimum Gasteiger partial charge on any atom is -0.388 e. The fraction of sp³-hybridized carbons (Fsp3) is 0.421. The van der Waals surface area contributed by atoms with Crippen LogP contribution in [-0.2, 0) is 4.79 Å². The maximum absolute atomic E-state index is 13.8. The van der Waals surface area contributed by atoms with Crippen molar-refractivity contribution in [2.75, 3.05) is 31.6 Å². The number of aliphatic imine (C=N–C) groups is 1. The lowest BCUT2D eigenvalue weighted by Crippen LogP contribution is -2.57. The molecule has 10 nitrogen and oxygen atoms in total. The number of amides is 3. The zero-order chi connectivity index (χ0) is 21.3. The molecule has 2 aromatic rings. The highest BCUT2D eigenvalue weighted by atomic mass is 32.1. The number of nitrogens with one attached hydrogen (secondary N) is 4. The van der Waals surface area contributed by atoms with Gasteiger partial charge in [0.1, 0.15) is 17.4 Å². The summed E-state index contributed by atoms with van der Waals surface area (Å²) in [5.41, 5.74) is -0.929. The molecule has 0 saturated carbocycles. The van der Waals surface area contributed by atoms with Crippen LogP contribution in [0.2, 0.25) is 0 Å². The van der Waals surface area contributed by atoms with E-state index in [-0.39, 0.29) is 24.1 Å². The van der Waals surface area contributed by atoms with Crippen LogP contribution in [0, 0.1) is 5.92 Å². The predicted octanol–water partition coefficient (Wildman–Crippen LogP) is 0.489. The second-order valence-corrected chi connectivity index (χ2v) is 8.18.